The summed E-state index contributed by atoms with van der Waals surface area (Å²) in [6.07, 6.45) is 1.61. The normalized spacial score (nSPS) is 15.8. The molecule has 3 heterocycles. The first-order valence-electron chi connectivity index (χ1n) is 9.68. The number of nitrogens with zero attached hydrogens (tertiary/aromatic N) is 3. The summed E-state index contributed by atoms with van der Waals surface area (Å²) in [7, 11) is 0. The Labute approximate surface area is 178 Å². The van der Waals surface area contributed by atoms with Gasteiger partial charge in [-0.2, -0.15) is 0 Å². The largest absolute Gasteiger partial charge is 0.354 e. The molecule has 11 heteroatoms. The summed E-state index contributed by atoms with van der Waals surface area (Å²) in [6.45, 7) is 0.441. The molecule has 5 rings (SSSR count). The van der Waals surface area contributed by atoms with Gasteiger partial charge >= 0.3 is 0 Å². The highest BCUT2D eigenvalue weighted by Crippen LogP contribution is 2.35. The highest BCUT2D eigenvalue weighted by atomic mass is 19.1. The summed E-state index contributed by atoms with van der Waals surface area (Å²) in [5.41, 5.74) is 0.831. The van der Waals surface area contributed by atoms with E-state index in [9.17, 15) is 22.8 Å². The van der Waals surface area contributed by atoms with Crippen LogP contribution in [0.1, 0.15) is 16.9 Å². The zero-order valence-electron chi connectivity index (χ0n) is 16.3. The van der Waals surface area contributed by atoms with E-state index in [1.54, 1.807) is 0 Å². The number of aromatic amines is 1. The summed E-state index contributed by atoms with van der Waals surface area (Å²) < 4.78 is 43.2. The van der Waals surface area contributed by atoms with Crippen molar-refractivity contribution in [3.63, 3.8) is 0 Å². The molecule has 0 radical (unpaired) electrons. The number of aromatic nitrogens is 4. The van der Waals surface area contributed by atoms with E-state index < -0.39 is 29.4 Å². The minimum atomic E-state index is -0.844. The maximum Gasteiger partial charge on any atom is 0.272 e. The van der Waals surface area contributed by atoms with Crippen molar-refractivity contribution in [3.05, 3.63) is 65.7 Å². The monoisotopic (exact) mass is 440 g/mol. The lowest BCUT2D eigenvalue weighted by Gasteiger charge is -2.12. The van der Waals surface area contributed by atoms with Crippen LogP contribution in [-0.4, -0.2) is 44.4 Å². The zero-order valence-corrected chi connectivity index (χ0v) is 16.3. The summed E-state index contributed by atoms with van der Waals surface area (Å²) in [4.78, 5) is 27.6. The number of carbonyl (C=O) groups excluding carboxylic acids is 2. The molecule has 0 spiro atoms. The Balaban J connectivity index is 1.68. The van der Waals surface area contributed by atoms with Gasteiger partial charge in [0.05, 0.1) is 17.4 Å². The molecule has 2 aromatic heterocycles. The van der Waals surface area contributed by atoms with Gasteiger partial charge in [0.2, 0.25) is 5.91 Å². The predicted octanol–water partition coefficient (Wildman–Crippen LogP) is 2.45. The Hall–Kier alpha value is -4.15. The molecule has 32 heavy (non-hydrogen) atoms. The highest BCUT2D eigenvalue weighted by Gasteiger charge is 2.29. The van der Waals surface area contributed by atoms with Crippen molar-refractivity contribution < 1.29 is 22.8 Å². The van der Waals surface area contributed by atoms with Crippen LogP contribution in [0.25, 0.3) is 27.8 Å². The second kappa shape index (κ2) is 7.52. The van der Waals surface area contributed by atoms with Gasteiger partial charge in [-0.1, -0.05) is 5.21 Å². The standard InChI is InChI=1S/C21H15F3N6O2/c22-11-3-1-10(2-4-11)17-19(13-7-12(23)8-14(24)18(13)28-17)30-16(9-26-29-30)21(32)27-15-5-6-25-20(15)31/h1-4,7-9,15,28H,5-6H2,(H,25,31)(H,27,32). The Morgan fingerprint density at radius 3 is 2.62 bits per heavy atom. The fraction of sp³-hybridized carbons (Fsp3) is 0.143. The number of nitrogens with one attached hydrogen (secondary N) is 3. The van der Waals surface area contributed by atoms with Gasteiger partial charge in [0.25, 0.3) is 5.91 Å². The van der Waals surface area contributed by atoms with Crippen molar-refractivity contribution in [1.29, 1.82) is 0 Å². The molecule has 2 amide bonds. The lowest BCUT2D eigenvalue weighted by atomic mass is 10.1. The number of hydrogen-bond donors (Lipinski definition) is 3. The zero-order chi connectivity index (χ0) is 22.4. The molecule has 162 valence electrons. The minimum absolute atomic E-state index is 0.0160. The fourth-order valence-electron chi connectivity index (χ4n) is 3.77. The minimum Gasteiger partial charge on any atom is -0.354 e. The molecule has 0 aliphatic carbocycles. The van der Waals surface area contributed by atoms with Crippen molar-refractivity contribution in [2.45, 2.75) is 12.5 Å². The van der Waals surface area contributed by atoms with Crippen molar-refractivity contribution in [2.75, 3.05) is 6.54 Å². The molecule has 1 unspecified atom stereocenters. The number of rotatable bonds is 4. The van der Waals surface area contributed by atoms with Crippen LogP contribution in [0.2, 0.25) is 0 Å². The van der Waals surface area contributed by atoms with Gasteiger partial charge in [-0.05, 0) is 36.8 Å². The first-order chi connectivity index (χ1) is 15.4. The van der Waals surface area contributed by atoms with Crippen molar-refractivity contribution in [1.82, 2.24) is 30.6 Å². The number of hydrogen-bond acceptors (Lipinski definition) is 4. The smallest absolute Gasteiger partial charge is 0.272 e. The molecule has 1 aliphatic heterocycles. The topological polar surface area (TPSA) is 105 Å². The van der Waals surface area contributed by atoms with Crippen molar-refractivity contribution >= 4 is 22.7 Å². The van der Waals surface area contributed by atoms with Gasteiger partial charge < -0.3 is 15.6 Å². The number of benzene rings is 2. The van der Waals surface area contributed by atoms with E-state index in [1.807, 2.05) is 0 Å². The molecule has 0 bridgehead atoms. The molecule has 1 fully saturated rings. The number of fused-ring (bicyclic) bond motifs is 1. The molecule has 3 N–H and O–H groups in total. The van der Waals surface area contributed by atoms with E-state index in [1.165, 1.54) is 30.5 Å². The molecule has 2 aromatic carbocycles. The molecule has 8 nitrogen and oxygen atoms in total. The number of carbonyl (C=O) groups is 2. The predicted molar refractivity (Wildman–Crippen MR) is 107 cm³/mol. The second-order valence-electron chi connectivity index (χ2n) is 7.30. The van der Waals surface area contributed by atoms with Crippen LogP contribution in [-0.2, 0) is 4.79 Å². The summed E-state index contributed by atoms with van der Waals surface area (Å²) in [6, 6.07) is 6.47. The summed E-state index contributed by atoms with van der Waals surface area (Å²) in [5, 5.41) is 13.1. The van der Waals surface area contributed by atoms with Crippen molar-refractivity contribution in [2.24, 2.45) is 0 Å². The fourth-order valence-corrected chi connectivity index (χ4v) is 3.77. The number of halogens is 3. The quantitative estimate of drug-likeness (QED) is 0.453. The summed E-state index contributed by atoms with van der Waals surface area (Å²) >= 11 is 0. The van der Waals surface area contributed by atoms with Crippen LogP contribution in [0.15, 0.2) is 42.6 Å². The molecular formula is C21H15F3N6O2. The highest BCUT2D eigenvalue weighted by molar-refractivity contribution is 6.01. The van der Waals surface area contributed by atoms with E-state index in [2.05, 4.69) is 25.9 Å². The lowest BCUT2D eigenvalue weighted by molar-refractivity contribution is -0.120. The number of amides is 2. The Kier molecular flexibility index (Phi) is 4.65. The van der Waals surface area contributed by atoms with Gasteiger partial charge in [0, 0.05) is 23.6 Å². The SMILES string of the molecule is O=C(NC1CCNC1=O)c1cnnn1-c1c(-c2ccc(F)cc2)[nH]c2c(F)cc(F)cc12. The molecule has 1 aliphatic rings. The third-order valence-corrected chi connectivity index (χ3v) is 5.28. The van der Waals surface area contributed by atoms with Crippen LogP contribution in [0.3, 0.4) is 0 Å². The van der Waals surface area contributed by atoms with E-state index in [-0.39, 0.29) is 33.9 Å². The Morgan fingerprint density at radius 2 is 1.91 bits per heavy atom. The van der Waals surface area contributed by atoms with Gasteiger partial charge in [-0.3, -0.25) is 9.59 Å². The average Bonchev–Trinajstić information content (AvgIpc) is 3.47. The second-order valence-corrected chi connectivity index (χ2v) is 7.30. The van der Waals surface area contributed by atoms with Gasteiger partial charge in [-0.15, -0.1) is 5.10 Å². The van der Waals surface area contributed by atoms with E-state index in [0.717, 1.165) is 16.8 Å². The van der Waals surface area contributed by atoms with Gasteiger partial charge in [-0.25, -0.2) is 17.9 Å². The van der Waals surface area contributed by atoms with E-state index in [0.29, 0.717) is 18.5 Å². The molecule has 4 aromatic rings. The maximum atomic E-state index is 14.5. The summed E-state index contributed by atoms with van der Waals surface area (Å²) in [5.74, 6) is -3.08. The van der Waals surface area contributed by atoms with Crippen LogP contribution in [0.5, 0.6) is 0 Å². The molecule has 0 saturated carbocycles. The first-order valence-corrected chi connectivity index (χ1v) is 9.68. The van der Waals surface area contributed by atoms with Crippen LogP contribution < -0.4 is 10.6 Å². The third-order valence-electron chi connectivity index (χ3n) is 5.28. The van der Waals surface area contributed by atoms with Crippen LogP contribution in [0.4, 0.5) is 13.2 Å². The van der Waals surface area contributed by atoms with E-state index >= 15 is 0 Å². The average molecular weight is 440 g/mol. The Bertz CT molecular complexity index is 1360. The van der Waals surface area contributed by atoms with Crippen molar-refractivity contribution in [3.8, 4) is 16.9 Å². The van der Waals surface area contributed by atoms with Crippen LogP contribution >= 0.6 is 0 Å². The number of H-pyrrole nitrogens is 1. The van der Waals surface area contributed by atoms with Gasteiger partial charge in [0.1, 0.15) is 29.2 Å². The maximum absolute atomic E-state index is 14.5. The van der Waals surface area contributed by atoms with Crippen LogP contribution in [0, 0.1) is 17.5 Å². The molecule has 1 atom stereocenters. The molecule has 1 saturated heterocycles. The van der Waals surface area contributed by atoms with E-state index in [4.69, 9.17) is 0 Å². The lowest BCUT2D eigenvalue weighted by Crippen LogP contribution is -2.40. The van der Waals surface area contributed by atoms with Gasteiger partial charge in [0.15, 0.2) is 5.69 Å². The third kappa shape index (κ3) is 3.27. The first kappa shape index (κ1) is 19.8. The Morgan fingerprint density at radius 1 is 1.12 bits per heavy atom. The molecular weight excluding hydrogens is 425 g/mol.